The summed E-state index contributed by atoms with van der Waals surface area (Å²) in [6, 6.07) is 0.549. The third-order valence-corrected chi connectivity index (χ3v) is 5.46. The maximum atomic E-state index is 12.4. The van der Waals surface area contributed by atoms with E-state index >= 15 is 0 Å². The Morgan fingerprint density at radius 3 is 2.74 bits per heavy atom. The van der Waals surface area contributed by atoms with Crippen molar-refractivity contribution in [2.45, 2.75) is 57.9 Å². The van der Waals surface area contributed by atoms with Crippen molar-refractivity contribution in [3.8, 4) is 0 Å². The molecule has 0 aromatic heterocycles. The molecule has 1 heterocycles. The van der Waals surface area contributed by atoms with Crippen molar-refractivity contribution in [1.82, 2.24) is 10.2 Å². The molecule has 2 saturated carbocycles. The molecule has 1 amide bonds. The van der Waals surface area contributed by atoms with Crippen LogP contribution in [0.4, 0.5) is 0 Å². The number of likely N-dealkylation sites (tertiary alicyclic amines) is 1. The Kier molecular flexibility index (Phi) is 4.11. The van der Waals surface area contributed by atoms with Crippen LogP contribution in [0.3, 0.4) is 0 Å². The standard InChI is InChI=1S/C16H28N2O/c1-12-8-9-18(15-5-3-2-4-14(12)15)16(19)11-17-10-13-6-7-13/h12-15,17H,2-11H2,1H3. The van der Waals surface area contributed by atoms with Gasteiger partial charge in [-0.25, -0.2) is 0 Å². The van der Waals surface area contributed by atoms with Crippen LogP contribution in [0.1, 0.15) is 51.9 Å². The Morgan fingerprint density at radius 2 is 1.95 bits per heavy atom. The Labute approximate surface area is 117 Å². The zero-order valence-electron chi connectivity index (χ0n) is 12.2. The highest BCUT2D eigenvalue weighted by Crippen LogP contribution is 2.38. The number of carbonyl (C=O) groups is 1. The van der Waals surface area contributed by atoms with Crippen LogP contribution in [-0.2, 0) is 4.79 Å². The molecule has 1 aliphatic heterocycles. The topological polar surface area (TPSA) is 32.3 Å². The van der Waals surface area contributed by atoms with Crippen LogP contribution < -0.4 is 5.32 Å². The second-order valence-corrected chi connectivity index (χ2v) is 6.94. The molecular weight excluding hydrogens is 236 g/mol. The van der Waals surface area contributed by atoms with Gasteiger partial charge >= 0.3 is 0 Å². The van der Waals surface area contributed by atoms with Crippen LogP contribution in [0.25, 0.3) is 0 Å². The fourth-order valence-corrected chi connectivity index (χ4v) is 4.03. The van der Waals surface area contributed by atoms with Gasteiger partial charge in [-0.05, 0) is 56.4 Å². The highest BCUT2D eigenvalue weighted by atomic mass is 16.2. The lowest BCUT2D eigenvalue weighted by Crippen LogP contribution is -2.54. The molecule has 0 bridgehead atoms. The number of amides is 1. The van der Waals surface area contributed by atoms with Crippen LogP contribution in [0.5, 0.6) is 0 Å². The van der Waals surface area contributed by atoms with Crippen molar-refractivity contribution < 1.29 is 4.79 Å². The second kappa shape index (κ2) is 5.82. The van der Waals surface area contributed by atoms with E-state index in [0.29, 0.717) is 18.5 Å². The summed E-state index contributed by atoms with van der Waals surface area (Å²) in [5.74, 6) is 2.80. The summed E-state index contributed by atoms with van der Waals surface area (Å²) in [7, 11) is 0. The Bertz CT molecular complexity index is 327. The van der Waals surface area contributed by atoms with Crippen LogP contribution in [0, 0.1) is 17.8 Å². The number of hydrogen-bond donors (Lipinski definition) is 1. The molecule has 0 aromatic carbocycles. The first kappa shape index (κ1) is 13.4. The van der Waals surface area contributed by atoms with Crippen molar-refractivity contribution in [2.24, 2.45) is 17.8 Å². The largest absolute Gasteiger partial charge is 0.338 e. The van der Waals surface area contributed by atoms with Crippen molar-refractivity contribution in [3.63, 3.8) is 0 Å². The minimum atomic E-state index is 0.351. The van der Waals surface area contributed by atoms with E-state index in [4.69, 9.17) is 0 Å². The van der Waals surface area contributed by atoms with Gasteiger partial charge in [-0.2, -0.15) is 0 Å². The van der Waals surface area contributed by atoms with Crippen LogP contribution in [0.15, 0.2) is 0 Å². The summed E-state index contributed by atoms with van der Waals surface area (Å²) in [5, 5.41) is 3.36. The van der Waals surface area contributed by atoms with Crippen molar-refractivity contribution in [2.75, 3.05) is 19.6 Å². The van der Waals surface area contributed by atoms with E-state index in [2.05, 4.69) is 17.1 Å². The number of nitrogens with one attached hydrogen (secondary N) is 1. The first-order chi connectivity index (χ1) is 9.25. The normalized spacial score (nSPS) is 35.0. The average molecular weight is 264 g/mol. The molecular formula is C16H28N2O. The number of piperidine rings is 1. The lowest BCUT2D eigenvalue weighted by Gasteiger charge is -2.47. The highest BCUT2D eigenvalue weighted by Gasteiger charge is 2.39. The quantitative estimate of drug-likeness (QED) is 0.845. The predicted molar refractivity (Wildman–Crippen MR) is 76.8 cm³/mol. The van der Waals surface area contributed by atoms with E-state index < -0.39 is 0 Å². The van der Waals surface area contributed by atoms with Crippen molar-refractivity contribution >= 4 is 5.91 Å². The van der Waals surface area contributed by atoms with E-state index in [0.717, 1.165) is 30.8 Å². The van der Waals surface area contributed by atoms with Crippen LogP contribution >= 0.6 is 0 Å². The minimum absolute atomic E-state index is 0.351. The minimum Gasteiger partial charge on any atom is -0.338 e. The molecule has 3 fully saturated rings. The SMILES string of the molecule is CC1CCN(C(=O)CNCC2CC2)C2CCCCC12. The van der Waals surface area contributed by atoms with Gasteiger partial charge in [0.2, 0.25) is 5.91 Å². The molecule has 0 radical (unpaired) electrons. The van der Waals surface area contributed by atoms with Gasteiger partial charge < -0.3 is 10.2 Å². The predicted octanol–water partition coefficient (Wildman–Crippen LogP) is 2.41. The Balaban J connectivity index is 1.54. The summed E-state index contributed by atoms with van der Waals surface area (Å²) in [4.78, 5) is 14.6. The van der Waals surface area contributed by atoms with E-state index in [1.54, 1.807) is 0 Å². The summed E-state index contributed by atoms with van der Waals surface area (Å²) in [6.07, 6.45) is 9.17. The van der Waals surface area contributed by atoms with Gasteiger partial charge in [-0.1, -0.05) is 19.8 Å². The second-order valence-electron chi connectivity index (χ2n) is 6.94. The van der Waals surface area contributed by atoms with Gasteiger partial charge in [0, 0.05) is 12.6 Å². The average Bonchev–Trinajstić information content (AvgIpc) is 3.23. The summed E-state index contributed by atoms with van der Waals surface area (Å²) in [5.41, 5.74) is 0. The van der Waals surface area contributed by atoms with E-state index in [-0.39, 0.29) is 0 Å². The third kappa shape index (κ3) is 3.13. The number of carbonyl (C=O) groups excluding carboxylic acids is 1. The fraction of sp³-hybridized carbons (Fsp3) is 0.938. The van der Waals surface area contributed by atoms with Crippen LogP contribution in [-0.4, -0.2) is 36.5 Å². The summed E-state index contributed by atoms with van der Waals surface area (Å²) >= 11 is 0. The molecule has 3 aliphatic rings. The first-order valence-corrected chi connectivity index (χ1v) is 8.26. The molecule has 1 N–H and O–H groups in total. The van der Waals surface area contributed by atoms with Crippen LogP contribution in [0.2, 0.25) is 0 Å². The molecule has 1 saturated heterocycles. The van der Waals surface area contributed by atoms with Gasteiger partial charge in [-0.3, -0.25) is 4.79 Å². The molecule has 3 rings (SSSR count). The third-order valence-electron chi connectivity index (χ3n) is 5.46. The maximum absolute atomic E-state index is 12.4. The molecule has 3 nitrogen and oxygen atoms in total. The Hall–Kier alpha value is -0.570. The zero-order chi connectivity index (χ0) is 13.2. The van der Waals surface area contributed by atoms with Gasteiger partial charge in [0.05, 0.1) is 6.54 Å². The van der Waals surface area contributed by atoms with Crippen molar-refractivity contribution in [1.29, 1.82) is 0 Å². The smallest absolute Gasteiger partial charge is 0.236 e. The fourth-order valence-electron chi connectivity index (χ4n) is 4.03. The summed E-state index contributed by atoms with van der Waals surface area (Å²) < 4.78 is 0. The summed E-state index contributed by atoms with van der Waals surface area (Å²) in [6.45, 7) is 4.99. The lowest BCUT2D eigenvalue weighted by molar-refractivity contribution is -0.138. The zero-order valence-corrected chi connectivity index (χ0v) is 12.2. The van der Waals surface area contributed by atoms with E-state index in [1.165, 1.54) is 44.9 Å². The maximum Gasteiger partial charge on any atom is 0.236 e. The molecule has 0 spiro atoms. The monoisotopic (exact) mass is 264 g/mol. The number of fused-ring (bicyclic) bond motifs is 1. The van der Waals surface area contributed by atoms with E-state index in [9.17, 15) is 4.79 Å². The number of rotatable bonds is 4. The molecule has 3 unspecified atom stereocenters. The Morgan fingerprint density at radius 1 is 1.16 bits per heavy atom. The van der Waals surface area contributed by atoms with Gasteiger partial charge in [0.1, 0.15) is 0 Å². The van der Waals surface area contributed by atoms with Crippen molar-refractivity contribution in [3.05, 3.63) is 0 Å². The van der Waals surface area contributed by atoms with Gasteiger partial charge in [0.15, 0.2) is 0 Å². The first-order valence-electron chi connectivity index (χ1n) is 8.26. The molecule has 3 atom stereocenters. The van der Waals surface area contributed by atoms with Gasteiger partial charge in [0.25, 0.3) is 0 Å². The van der Waals surface area contributed by atoms with E-state index in [1.807, 2.05) is 0 Å². The molecule has 3 heteroatoms. The number of hydrogen-bond acceptors (Lipinski definition) is 2. The molecule has 19 heavy (non-hydrogen) atoms. The molecule has 0 aromatic rings. The highest BCUT2D eigenvalue weighted by molar-refractivity contribution is 5.78. The van der Waals surface area contributed by atoms with Gasteiger partial charge in [-0.15, -0.1) is 0 Å². The molecule has 108 valence electrons. The molecule has 2 aliphatic carbocycles. The number of nitrogens with zero attached hydrogens (tertiary/aromatic N) is 1. The lowest BCUT2D eigenvalue weighted by atomic mass is 9.72.